The highest BCUT2D eigenvalue weighted by atomic mass is 19.1. The van der Waals surface area contributed by atoms with Crippen molar-refractivity contribution in [2.45, 2.75) is 6.04 Å². The number of quaternary nitrogens is 1. The van der Waals surface area contributed by atoms with Crippen molar-refractivity contribution in [3.8, 4) is 0 Å². The molecule has 4 nitrogen and oxygen atoms in total. The Labute approximate surface area is 129 Å². The number of benzene rings is 2. The van der Waals surface area contributed by atoms with Gasteiger partial charge in [0.1, 0.15) is 12.4 Å². The van der Waals surface area contributed by atoms with Crippen LogP contribution in [0.2, 0.25) is 0 Å². The first-order valence-corrected chi connectivity index (χ1v) is 7.14. The average Bonchev–Trinajstić information content (AvgIpc) is 2.54. The number of anilines is 1. The lowest BCUT2D eigenvalue weighted by molar-refractivity contribution is -0.683. The molecule has 0 fully saturated rings. The van der Waals surface area contributed by atoms with Crippen LogP contribution in [0, 0.1) is 5.82 Å². The second-order valence-corrected chi connectivity index (χ2v) is 4.90. The summed E-state index contributed by atoms with van der Waals surface area (Å²) in [5, 5.41) is 4.75. The summed E-state index contributed by atoms with van der Waals surface area (Å²) in [7, 11) is 1.63. The van der Waals surface area contributed by atoms with Gasteiger partial charge in [-0.05, 0) is 24.3 Å². The van der Waals surface area contributed by atoms with E-state index in [0.29, 0.717) is 18.8 Å². The molecule has 2 aromatic rings. The number of nitrogens with one attached hydrogen (secondary N) is 1. The van der Waals surface area contributed by atoms with Gasteiger partial charge in [-0.25, -0.2) is 4.39 Å². The Bertz CT molecular complexity index is 587. The minimum atomic E-state index is -0.374. The van der Waals surface area contributed by atoms with Crippen molar-refractivity contribution in [2.24, 2.45) is 0 Å². The molecule has 2 rings (SSSR count). The third-order valence-electron chi connectivity index (χ3n) is 3.28. The molecule has 0 bridgehead atoms. The van der Waals surface area contributed by atoms with Crippen molar-refractivity contribution in [3.63, 3.8) is 0 Å². The van der Waals surface area contributed by atoms with Crippen molar-refractivity contribution < 1.29 is 19.2 Å². The number of carbonyl (C=O) groups excluding carboxylic acids is 1. The second-order valence-electron chi connectivity index (χ2n) is 4.90. The van der Waals surface area contributed by atoms with E-state index < -0.39 is 0 Å². The molecule has 0 saturated carbocycles. The van der Waals surface area contributed by atoms with Crippen LogP contribution in [0.5, 0.6) is 0 Å². The van der Waals surface area contributed by atoms with Crippen molar-refractivity contribution in [1.29, 1.82) is 0 Å². The van der Waals surface area contributed by atoms with E-state index in [1.807, 2.05) is 35.6 Å². The van der Waals surface area contributed by atoms with Crippen LogP contribution in [0.25, 0.3) is 0 Å². The first-order valence-electron chi connectivity index (χ1n) is 7.14. The molecule has 0 aliphatic heterocycles. The second kappa shape index (κ2) is 8.26. The molecule has 0 aliphatic carbocycles. The summed E-state index contributed by atoms with van der Waals surface area (Å²) in [6, 6.07) is 14.9. The van der Waals surface area contributed by atoms with Crippen molar-refractivity contribution >= 4 is 11.6 Å². The molecule has 2 aromatic carbocycles. The quantitative estimate of drug-likeness (QED) is 0.765. The SMILES string of the molecule is COCC[NH2+][C@@H](C(=O)Nc1ccc(F)cc1)c1ccccc1. The van der Waals surface area contributed by atoms with Gasteiger partial charge in [0.2, 0.25) is 0 Å². The monoisotopic (exact) mass is 303 g/mol. The fraction of sp³-hybridized carbons (Fsp3) is 0.235. The number of nitrogens with two attached hydrogens (primary N) is 1. The van der Waals surface area contributed by atoms with Gasteiger partial charge < -0.3 is 15.4 Å². The fourth-order valence-electron chi connectivity index (χ4n) is 2.16. The lowest BCUT2D eigenvalue weighted by atomic mass is 10.1. The third kappa shape index (κ3) is 4.65. The maximum atomic E-state index is 12.9. The molecule has 3 N–H and O–H groups in total. The largest absolute Gasteiger partial charge is 0.379 e. The maximum absolute atomic E-state index is 12.9. The lowest BCUT2D eigenvalue weighted by Crippen LogP contribution is -2.88. The maximum Gasteiger partial charge on any atom is 0.287 e. The number of ether oxygens (including phenoxy) is 1. The van der Waals surface area contributed by atoms with E-state index in [-0.39, 0.29) is 17.8 Å². The van der Waals surface area contributed by atoms with E-state index in [4.69, 9.17) is 4.74 Å². The molecule has 1 atom stereocenters. The number of rotatable bonds is 7. The summed E-state index contributed by atoms with van der Waals surface area (Å²) < 4.78 is 18.0. The normalized spacial score (nSPS) is 11.9. The molecule has 0 radical (unpaired) electrons. The standard InChI is InChI=1S/C17H19FN2O2/c1-22-12-11-19-16(13-5-3-2-4-6-13)17(21)20-15-9-7-14(18)8-10-15/h2-10,16,19H,11-12H2,1H3,(H,20,21)/p+1/t16-/m1/s1. The van der Waals surface area contributed by atoms with E-state index in [9.17, 15) is 9.18 Å². The van der Waals surface area contributed by atoms with E-state index >= 15 is 0 Å². The number of hydrogen-bond donors (Lipinski definition) is 2. The fourth-order valence-corrected chi connectivity index (χ4v) is 2.16. The minimum absolute atomic E-state index is 0.145. The van der Waals surface area contributed by atoms with Crippen molar-refractivity contribution in [1.82, 2.24) is 0 Å². The molecule has 0 saturated heterocycles. The van der Waals surface area contributed by atoms with E-state index in [1.165, 1.54) is 12.1 Å². The summed E-state index contributed by atoms with van der Waals surface area (Å²) in [6.07, 6.45) is 0. The number of carbonyl (C=O) groups is 1. The zero-order valence-electron chi connectivity index (χ0n) is 12.5. The van der Waals surface area contributed by atoms with Crippen molar-refractivity contribution in [2.75, 3.05) is 25.6 Å². The first kappa shape index (κ1) is 16.1. The van der Waals surface area contributed by atoms with Crippen LogP contribution in [-0.2, 0) is 9.53 Å². The summed E-state index contributed by atoms with van der Waals surface area (Å²) >= 11 is 0. The van der Waals surface area contributed by atoms with Gasteiger partial charge in [-0.3, -0.25) is 4.79 Å². The Morgan fingerprint density at radius 1 is 1.18 bits per heavy atom. The molecule has 5 heteroatoms. The molecular formula is C17H20FN2O2+. The van der Waals surface area contributed by atoms with Gasteiger partial charge in [0.25, 0.3) is 5.91 Å². The Morgan fingerprint density at radius 3 is 2.50 bits per heavy atom. The minimum Gasteiger partial charge on any atom is -0.379 e. The molecule has 116 valence electrons. The molecule has 0 aliphatic rings. The zero-order chi connectivity index (χ0) is 15.8. The molecule has 0 aromatic heterocycles. The van der Waals surface area contributed by atoms with E-state index in [1.54, 1.807) is 19.2 Å². The van der Waals surface area contributed by atoms with Gasteiger partial charge in [0, 0.05) is 18.4 Å². The van der Waals surface area contributed by atoms with Gasteiger partial charge in [-0.2, -0.15) is 0 Å². The Kier molecular flexibility index (Phi) is 6.06. The van der Waals surface area contributed by atoms with Crippen LogP contribution >= 0.6 is 0 Å². The Morgan fingerprint density at radius 2 is 1.86 bits per heavy atom. The summed E-state index contributed by atoms with van der Waals surface area (Å²) in [4.78, 5) is 12.5. The van der Waals surface area contributed by atoms with Crippen LogP contribution in [0.3, 0.4) is 0 Å². The number of hydrogen-bond acceptors (Lipinski definition) is 2. The Hall–Kier alpha value is -2.24. The smallest absolute Gasteiger partial charge is 0.287 e. The third-order valence-corrected chi connectivity index (χ3v) is 3.28. The van der Waals surface area contributed by atoms with Crippen LogP contribution in [-0.4, -0.2) is 26.2 Å². The summed E-state index contributed by atoms with van der Waals surface area (Å²) in [5.74, 6) is -0.474. The average molecular weight is 303 g/mol. The highest BCUT2D eigenvalue weighted by Crippen LogP contribution is 2.13. The zero-order valence-corrected chi connectivity index (χ0v) is 12.5. The van der Waals surface area contributed by atoms with Gasteiger partial charge in [-0.15, -0.1) is 0 Å². The molecule has 1 amide bonds. The molecular weight excluding hydrogens is 283 g/mol. The van der Waals surface area contributed by atoms with E-state index in [0.717, 1.165) is 5.56 Å². The number of methoxy groups -OCH3 is 1. The van der Waals surface area contributed by atoms with Crippen molar-refractivity contribution in [3.05, 3.63) is 66.0 Å². The topological polar surface area (TPSA) is 54.9 Å². The highest BCUT2D eigenvalue weighted by molar-refractivity contribution is 5.94. The summed E-state index contributed by atoms with van der Waals surface area (Å²) in [5.41, 5.74) is 1.49. The summed E-state index contributed by atoms with van der Waals surface area (Å²) in [6.45, 7) is 1.24. The Balaban J connectivity index is 2.09. The lowest BCUT2D eigenvalue weighted by Gasteiger charge is -2.16. The van der Waals surface area contributed by atoms with Gasteiger partial charge in [-0.1, -0.05) is 30.3 Å². The van der Waals surface area contributed by atoms with Crippen LogP contribution < -0.4 is 10.6 Å². The predicted octanol–water partition coefficient (Wildman–Crippen LogP) is 1.72. The first-order chi connectivity index (χ1) is 10.7. The van der Waals surface area contributed by atoms with Crippen LogP contribution in [0.4, 0.5) is 10.1 Å². The van der Waals surface area contributed by atoms with E-state index in [2.05, 4.69) is 5.32 Å². The van der Waals surface area contributed by atoms with Gasteiger partial charge in [0.05, 0.1) is 6.61 Å². The van der Waals surface area contributed by atoms with Crippen LogP contribution in [0.15, 0.2) is 54.6 Å². The molecule has 22 heavy (non-hydrogen) atoms. The van der Waals surface area contributed by atoms with Gasteiger partial charge in [0.15, 0.2) is 6.04 Å². The number of amides is 1. The number of halogens is 1. The molecule has 0 heterocycles. The highest BCUT2D eigenvalue weighted by Gasteiger charge is 2.23. The molecule has 0 spiro atoms. The van der Waals surface area contributed by atoms with Crippen LogP contribution in [0.1, 0.15) is 11.6 Å². The van der Waals surface area contributed by atoms with Gasteiger partial charge >= 0.3 is 0 Å². The molecule has 0 unspecified atom stereocenters. The predicted molar refractivity (Wildman–Crippen MR) is 82.9 cm³/mol.